The first-order valence-corrected chi connectivity index (χ1v) is 8.89. The highest BCUT2D eigenvalue weighted by molar-refractivity contribution is 9.10. The molecule has 0 unspecified atom stereocenters. The van der Waals surface area contributed by atoms with Crippen molar-refractivity contribution in [3.63, 3.8) is 0 Å². The third-order valence-electron chi connectivity index (χ3n) is 3.50. The number of hydrazone groups is 1. The van der Waals surface area contributed by atoms with Crippen LogP contribution in [0.15, 0.2) is 46.0 Å². The highest BCUT2D eigenvalue weighted by atomic mass is 79.9. The number of phenolic OH excluding ortho intramolecular Hbond substituents is 1. The number of aromatic hydroxyl groups is 1. The van der Waals surface area contributed by atoms with Gasteiger partial charge in [0.25, 0.3) is 0 Å². The number of phenols is 1. The first kappa shape index (κ1) is 19.9. The van der Waals surface area contributed by atoms with Gasteiger partial charge in [0, 0.05) is 33.6 Å². The maximum Gasteiger partial charge on any atom is 0.240 e. The van der Waals surface area contributed by atoms with E-state index in [2.05, 4.69) is 31.8 Å². The summed E-state index contributed by atoms with van der Waals surface area (Å²) in [4.78, 5) is 23.7. The Kier molecular flexibility index (Phi) is 7.17. The number of carbonyl (C=O) groups excluding carboxylic acids is 2. The van der Waals surface area contributed by atoms with E-state index < -0.39 is 5.91 Å². The van der Waals surface area contributed by atoms with Crippen LogP contribution in [0, 0.1) is 6.92 Å². The van der Waals surface area contributed by atoms with Gasteiger partial charge in [-0.3, -0.25) is 9.59 Å². The van der Waals surface area contributed by atoms with Crippen LogP contribution < -0.4 is 10.7 Å². The Hall–Kier alpha value is -2.38. The van der Waals surface area contributed by atoms with Crippen LogP contribution in [-0.2, 0) is 9.59 Å². The largest absolute Gasteiger partial charge is 0.507 e. The lowest BCUT2D eigenvalue weighted by Crippen LogP contribution is -2.20. The van der Waals surface area contributed by atoms with E-state index >= 15 is 0 Å². The molecule has 3 N–H and O–H groups in total. The highest BCUT2D eigenvalue weighted by Gasteiger charge is 2.09. The van der Waals surface area contributed by atoms with E-state index in [1.165, 1.54) is 12.3 Å². The van der Waals surface area contributed by atoms with Crippen LogP contribution >= 0.6 is 27.5 Å². The molecular formula is C18H17BrClN3O3. The Morgan fingerprint density at radius 2 is 1.96 bits per heavy atom. The number of rotatable bonds is 6. The number of nitrogens with zero attached hydrogens (tertiary/aromatic N) is 1. The van der Waals surface area contributed by atoms with Crippen molar-refractivity contribution in [2.45, 2.75) is 19.8 Å². The first-order chi connectivity index (χ1) is 12.4. The fourth-order valence-electron chi connectivity index (χ4n) is 2.04. The van der Waals surface area contributed by atoms with Gasteiger partial charge in [-0.25, -0.2) is 5.43 Å². The predicted octanol–water partition coefficient (Wildman–Crippen LogP) is 3.99. The number of halogens is 2. The van der Waals surface area contributed by atoms with E-state index in [1.54, 1.807) is 37.3 Å². The summed E-state index contributed by atoms with van der Waals surface area (Å²) >= 11 is 9.28. The SMILES string of the molecule is Cc1c(Cl)cccc1NC(=O)CCC(=O)N/N=C\c1cc(Br)ccc1O. The van der Waals surface area contributed by atoms with Crippen molar-refractivity contribution in [1.82, 2.24) is 5.43 Å². The third kappa shape index (κ3) is 5.86. The van der Waals surface area contributed by atoms with Crippen LogP contribution in [0.25, 0.3) is 0 Å². The minimum atomic E-state index is -0.409. The molecule has 0 bridgehead atoms. The number of hydrogen-bond acceptors (Lipinski definition) is 4. The summed E-state index contributed by atoms with van der Waals surface area (Å²) in [6.45, 7) is 1.80. The van der Waals surface area contributed by atoms with Gasteiger partial charge in [-0.15, -0.1) is 0 Å². The van der Waals surface area contributed by atoms with Crippen molar-refractivity contribution in [3.8, 4) is 5.75 Å². The summed E-state index contributed by atoms with van der Waals surface area (Å²) in [5.74, 6) is -0.657. The van der Waals surface area contributed by atoms with E-state index in [1.807, 2.05) is 0 Å². The van der Waals surface area contributed by atoms with E-state index in [0.29, 0.717) is 16.3 Å². The van der Waals surface area contributed by atoms with Crippen LogP contribution in [0.1, 0.15) is 24.0 Å². The van der Waals surface area contributed by atoms with Crippen molar-refractivity contribution < 1.29 is 14.7 Å². The molecule has 8 heteroatoms. The topological polar surface area (TPSA) is 90.8 Å². The molecule has 0 saturated heterocycles. The van der Waals surface area contributed by atoms with Gasteiger partial charge in [-0.2, -0.15) is 5.10 Å². The number of nitrogens with one attached hydrogen (secondary N) is 2. The summed E-state index contributed by atoms with van der Waals surface area (Å²) in [5, 5.41) is 16.7. The molecule has 0 spiro atoms. The van der Waals surface area contributed by atoms with Crippen LogP contribution in [0.2, 0.25) is 5.02 Å². The summed E-state index contributed by atoms with van der Waals surface area (Å²) in [6, 6.07) is 10.1. The quantitative estimate of drug-likeness (QED) is 0.470. The average molecular weight is 439 g/mol. The summed E-state index contributed by atoms with van der Waals surface area (Å²) in [5.41, 5.74) is 4.16. The number of carbonyl (C=O) groups is 2. The molecule has 26 heavy (non-hydrogen) atoms. The first-order valence-electron chi connectivity index (χ1n) is 7.72. The fraction of sp³-hybridized carbons (Fsp3) is 0.167. The van der Waals surface area contributed by atoms with Gasteiger partial charge in [0.1, 0.15) is 5.75 Å². The molecular weight excluding hydrogens is 422 g/mol. The lowest BCUT2D eigenvalue weighted by molar-refractivity contribution is -0.124. The minimum Gasteiger partial charge on any atom is -0.507 e. The molecule has 0 saturated carbocycles. The van der Waals surface area contributed by atoms with E-state index in [-0.39, 0.29) is 24.5 Å². The van der Waals surface area contributed by atoms with E-state index in [0.717, 1.165) is 10.0 Å². The number of hydrogen-bond donors (Lipinski definition) is 3. The smallest absolute Gasteiger partial charge is 0.240 e. The van der Waals surface area contributed by atoms with Crippen molar-refractivity contribution >= 4 is 51.2 Å². The zero-order valence-electron chi connectivity index (χ0n) is 13.9. The Morgan fingerprint density at radius 1 is 1.23 bits per heavy atom. The van der Waals surface area contributed by atoms with Gasteiger partial charge in [-0.1, -0.05) is 33.6 Å². The second-order valence-corrected chi connectivity index (χ2v) is 6.78. The predicted molar refractivity (Wildman–Crippen MR) is 106 cm³/mol. The lowest BCUT2D eigenvalue weighted by atomic mass is 10.2. The molecule has 6 nitrogen and oxygen atoms in total. The zero-order valence-corrected chi connectivity index (χ0v) is 16.3. The van der Waals surface area contributed by atoms with Crippen molar-refractivity contribution in [3.05, 3.63) is 57.0 Å². The molecule has 0 atom stereocenters. The zero-order chi connectivity index (χ0) is 19.1. The molecule has 0 heterocycles. The van der Waals surface area contributed by atoms with Gasteiger partial charge in [-0.05, 0) is 42.8 Å². The molecule has 0 aromatic heterocycles. The molecule has 2 rings (SSSR count). The Labute approximate surface area is 164 Å². The van der Waals surface area contributed by atoms with Gasteiger partial charge in [0.05, 0.1) is 6.21 Å². The van der Waals surface area contributed by atoms with Crippen LogP contribution in [0.3, 0.4) is 0 Å². The monoisotopic (exact) mass is 437 g/mol. The van der Waals surface area contributed by atoms with Gasteiger partial charge in [0.15, 0.2) is 0 Å². The number of anilines is 1. The average Bonchev–Trinajstić information content (AvgIpc) is 2.60. The second-order valence-electron chi connectivity index (χ2n) is 5.46. The fourth-order valence-corrected chi connectivity index (χ4v) is 2.59. The van der Waals surface area contributed by atoms with Crippen LogP contribution in [0.5, 0.6) is 5.75 Å². The molecule has 0 aliphatic rings. The Balaban J connectivity index is 1.81. The molecule has 0 aliphatic carbocycles. The molecule has 2 aromatic carbocycles. The summed E-state index contributed by atoms with van der Waals surface area (Å²) in [7, 11) is 0. The maximum absolute atomic E-state index is 11.9. The second kappa shape index (κ2) is 9.35. The van der Waals surface area contributed by atoms with Crippen LogP contribution in [0.4, 0.5) is 5.69 Å². The summed E-state index contributed by atoms with van der Waals surface area (Å²) in [6.07, 6.45) is 1.32. The highest BCUT2D eigenvalue weighted by Crippen LogP contribution is 2.23. The normalized spacial score (nSPS) is 10.7. The molecule has 0 aliphatic heterocycles. The maximum atomic E-state index is 11.9. The number of amides is 2. The molecule has 136 valence electrons. The minimum absolute atomic E-state index is 0.00937. The van der Waals surface area contributed by atoms with Crippen molar-refractivity contribution in [1.29, 1.82) is 0 Å². The molecule has 0 fully saturated rings. The van der Waals surface area contributed by atoms with Crippen molar-refractivity contribution in [2.24, 2.45) is 5.10 Å². The van der Waals surface area contributed by atoms with E-state index in [9.17, 15) is 14.7 Å². The Morgan fingerprint density at radius 3 is 2.73 bits per heavy atom. The summed E-state index contributed by atoms with van der Waals surface area (Å²) < 4.78 is 0.774. The van der Waals surface area contributed by atoms with Gasteiger partial charge < -0.3 is 10.4 Å². The van der Waals surface area contributed by atoms with Crippen LogP contribution in [-0.4, -0.2) is 23.1 Å². The Bertz CT molecular complexity index is 856. The van der Waals surface area contributed by atoms with Crippen molar-refractivity contribution in [2.75, 3.05) is 5.32 Å². The molecule has 2 aromatic rings. The van der Waals surface area contributed by atoms with E-state index in [4.69, 9.17) is 11.6 Å². The van der Waals surface area contributed by atoms with Gasteiger partial charge in [0.2, 0.25) is 11.8 Å². The third-order valence-corrected chi connectivity index (χ3v) is 4.41. The molecule has 0 radical (unpaired) electrons. The lowest BCUT2D eigenvalue weighted by Gasteiger charge is -2.09. The van der Waals surface area contributed by atoms with Gasteiger partial charge >= 0.3 is 0 Å². The standard InChI is InChI=1S/C18H17BrClN3O3/c1-11-14(20)3-2-4-15(11)22-17(25)7-8-18(26)23-21-10-12-9-13(19)5-6-16(12)24/h2-6,9-10,24H,7-8H2,1H3,(H,22,25)(H,23,26)/b21-10-. The molecule has 2 amide bonds. The number of benzene rings is 2.